The van der Waals surface area contributed by atoms with Gasteiger partial charge in [0, 0.05) is 12.1 Å². The molecule has 0 radical (unpaired) electrons. The van der Waals surface area contributed by atoms with Gasteiger partial charge in [0.1, 0.15) is 4.88 Å². The number of thiazole rings is 1. The minimum atomic E-state index is -0.236. The number of nitrogens with zero attached hydrogens (tertiary/aromatic N) is 1. The van der Waals surface area contributed by atoms with Crippen molar-refractivity contribution in [2.45, 2.75) is 46.5 Å². The summed E-state index contributed by atoms with van der Waals surface area (Å²) >= 11 is 6.63. The Bertz CT molecular complexity index is 746. The van der Waals surface area contributed by atoms with Gasteiger partial charge in [0.2, 0.25) is 0 Å². The Kier molecular flexibility index (Phi) is 8.67. The van der Waals surface area contributed by atoms with Gasteiger partial charge in [-0.2, -0.15) is 0 Å². The van der Waals surface area contributed by atoms with E-state index in [4.69, 9.17) is 12.2 Å². The molecule has 0 aliphatic heterocycles. The van der Waals surface area contributed by atoms with Crippen LogP contribution in [-0.4, -0.2) is 22.5 Å². The maximum Gasteiger partial charge on any atom is 0.282 e. The topological polar surface area (TPSA) is 66.0 Å². The molecular formula is C20H28N4OS2. The lowest BCUT2D eigenvalue weighted by atomic mass is 10.0. The average Bonchev–Trinajstić information content (AvgIpc) is 3.07. The summed E-state index contributed by atoms with van der Waals surface area (Å²) in [6, 6.07) is 9.71. The number of hydrogen-bond acceptors (Lipinski definition) is 4. The lowest BCUT2D eigenvalue weighted by molar-refractivity contribution is 0.0948. The van der Waals surface area contributed by atoms with Crippen LogP contribution in [0.2, 0.25) is 0 Å². The van der Waals surface area contributed by atoms with Crippen LogP contribution in [-0.2, 0) is 0 Å². The van der Waals surface area contributed by atoms with Crippen LogP contribution in [0.5, 0.6) is 0 Å². The Balaban J connectivity index is 1.85. The van der Waals surface area contributed by atoms with Crippen LogP contribution >= 0.6 is 23.6 Å². The van der Waals surface area contributed by atoms with Crippen LogP contribution in [0.3, 0.4) is 0 Å². The molecule has 1 heterocycles. The predicted octanol–water partition coefficient (Wildman–Crippen LogP) is 4.44. The Labute approximate surface area is 171 Å². The second-order valence-electron chi connectivity index (χ2n) is 6.67. The molecule has 27 heavy (non-hydrogen) atoms. The predicted molar refractivity (Wildman–Crippen MR) is 117 cm³/mol. The second kappa shape index (κ2) is 11.0. The maximum absolute atomic E-state index is 12.6. The molecule has 146 valence electrons. The number of carbonyl (C=O) groups excluding carboxylic acids is 1. The quantitative estimate of drug-likeness (QED) is 0.345. The summed E-state index contributed by atoms with van der Waals surface area (Å²) in [6.45, 7) is 7.10. The Morgan fingerprint density at radius 3 is 2.67 bits per heavy atom. The first kappa shape index (κ1) is 21.3. The molecule has 0 bridgehead atoms. The summed E-state index contributed by atoms with van der Waals surface area (Å²) in [5, 5.41) is 4.43. The summed E-state index contributed by atoms with van der Waals surface area (Å²) in [5.41, 5.74) is 7.09. The van der Waals surface area contributed by atoms with Gasteiger partial charge in [-0.05, 0) is 31.5 Å². The molecule has 0 saturated heterocycles. The highest BCUT2D eigenvalue weighted by atomic mass is 32.1. The standard InChI is InChI=1S/C20H28N4OS2/c1-4-5-7-10-14(2)13-21-20(26)24-23-19(25)18-17(22-15(3)27-18)16-11-8-6-9-12-16/h6,8-9,11-12,14H,4-5,7,10,13H2,1-3H3,(H,23,25)(H2,21,24,26)/t14-/m1/s1. The zero-order valence-corrected chi connectivity index (χ0v) is 17.8. The lowest BCUT2D eigenvalue weighted by Gasteiger charge is -2.15. The van der Waals surface area contributed by atoms with E-state index in [1.807, 2.05) is 37.3 Å². The number of benzene rings is 1. The molecular weight excluding hydrogens is 376 g/mol. The zero-order chi connectivity index (χ0) is 19.6. The van der Waals surface area contributed by atoms with E-state index in [1.165, 1.54) is 37.0 Å². The van der Waals surface area contributed by atoms with Crippen molar-refractivity contribution < 1.29 is 4.79 Å². The van der Waals surface area contributed by atoms with Crippen molar-refractivity contribution in [3.63, 3.8) is 0 Å². The van der Waals surface area contributed by atoms with Crippen molar-refractivity contribution in [3.8, 4) is 11.3 Å². The minimum Gasteiger partial charge on any atom is -0.361 e. The number of rotatable bonds is 8. The third-order valence-electron chi connectivity index (χ3n) is 4.19. The van der Waals surface area contributed by atoms with Crippen molar-refractivity contribution in [3.05, 3.63) is 40.2 Å². The van der Waals surface area contributed by atoms with Gasteiger partial charge < -0.3 is 5.32 Å². The molecule has 1 aromatic heterocycles. The number of unbranched alkanes of at least 4 members (excludes halogenated alkanes) is 2. The molecule has 2 aromatic rings. The van der Waals surface area contributed by atoms with Crippen LogP contribution in [0, 0.1) is 12.8 Å². The number of hydrazine groups is 1. The normalized spacial score (nSPS) is 11.7. The van der Waals surface area contributed by atoms with Gasteiger partial charge >= 0.3 is 0 Å². The molecule has 1 aromatic carbocycles. The molecule has 5 nitrogen and oxygen atoms in total. The van der Waals surface area contributed by atoms with Gasteiger partial charge in [-0.25, -0.2) is 4.98 Å². The van der Waals surface area contributed by atoms with Crippen molar-refractivity contribution in [1.82, 2.24) is 21.2 Å². The van der Waals surface area contributed by atoms with Gasteiger partial charge in [-0.1, -0.05) is 63.4 Å². The first-order valence-corrected chi connectivity index (χ1v) is 10.6. The molecule has 1 amide bonds. The van der Waals surface area contributed by atoms with Crippen LogP contribution < -0.4 is 16.2 Å². The Morgan fingerprint density at radius 2 is 1.96 bits per heavy atom. The molecule has 0 spiro atoms. The van der Waals surface area contributed by atoms with Crippen molar-refractivity contribution in [2.24, 2.45) is 5.92 Å². The van der Waals surface area contributed by atoms with Gasteiger partial charge in [0.25, 0.3) is 5.91 Å². The summed E-state index contributed by atoms with van der Waals surface area (Å²) in [5.74, 6) is 0.306. The Hall–Kier alpha value is -1.99. The number of nitrogens with one attached hydrogen (secondary N) is 3. The van der Waals surface area contributed by atoms with Crippen molar-refractivity contribution in [2.75, 3.05) is 6.54 Å². The van der Waals surface area contributed by atoms with E-state index in [0.29, 0.717) is 21.6 Å². The van der Waals surface area contributed by atoms with E-state index in [2.05, 4.69) is 35.0 Å². The van der Waals surface area contributed by atoms with E-state index >= 15 is 0 Å². The molecule has 0 aliphatic rings. The SMILES string of the molecule is CCCCC[C@@H](C)CNC(=S)NNC(=O)c1sc(C)nc1-c1ccccc1. The summed E-state index contributed by atoms with van der Waals surface area (Å²) < 4.78 is 0. The number of thiocarbonyl (C=S) groups is 1. The van der Waals surface area contributed by atoms with Crippen molar-refractivity contribution in [1.29, 1.82) is 0 Å². The fourth-order valence-corrected chi connectivity index (χ4v) is 3.67. The first-order chi connectivity index (χ1) is 13.0. The second-order valence-corrected chi connectivity index (χ2v) is 8.28. The summed E-state index contributed by atoms with van der Waals surface area (Å²) in [4.78, 5) is 17.7. The monoisotopic (exact) mass is 404 g/mol. The van der Waals surface area contributed by atoms with Crippen LogP contribution in [0.1, 0.15) is 54.2 Å². The zero-order valence-electron chi connectivity index (χ0n) is 16.2. The Morgan fingerprint density at radius 1 is 1.22 bits per heavy atom. The fraction of sp³-hybridized carbons (Fsp3) is 0.450. The van der Waals surface area contributed by atoms with Crippen molar-refractivity contribution >= 4 is 34.6 Å². The highest BCUT2D eigenvalue weighted by Crippen LogP contribution is 2.27. The summed E-state index contributed by atoms with van der Waals surface area (Å²) in [6.07, 6.45) is 4.91. The third kappa shape index (κ3) is 6.92. The van der Waals surface area contributed by atoms with Crippen LogP contribution in [0.15, 0.2) is 30.3 Å². The summed E-state index contributed by atoms with van der Waals surface area (Å²) in [7, 11) is 0. The number of hydrogen-bond donors (Lipinski definition) is 3. The highest BCUT2D eigenvalue weighted by molar-refractivity contribution is 7.80. The smallest absolute Gasteiger partial charge is 0.282 e. The molecule has 1 atom stereocenters. The molecule has 0 saturated carbocycles. The number of aromatic nitrogens is 1. The molecule has 0 aliphatic carbocycles. The molecule has 0 fully saturated rings. The van der Waals surface area contributed by atoms with E-state index in [0.717, 1.165) is 17.1 Å². The largest absolute Gasteiger partial charge is 0.361 e. The van der Waals surface area contributed by atoms with Gasteiger partial charge in [-0.3, -0.25) is 15.6 Å². The maximum atomic E-state index is 12.6. The van der Waals surface area contributed by atoms with Crippen LogP contribution in [0.25, 0.3) is 11.3 Å². The minimum absolute atomic E-state index is 0.236. The highest BCUT2D eigenvalue weighted by Gasteiger charge is 2.18. The van der Waals surface area contributed by atoms with E-state index in [-0.39, 0.29) is 5.91 Å². The number of aryl methyl sites for hydroxylation is 1. The molecule has 0 unspecified atom stereocenters. The van der Waals surface area contributed by atoms with Crippen LogP contribution in [0.4, 0.5) is 0 Å². The lowest BCUT2D eigenvalue weighted by Crippen LogP contribution is -2.47. The number of amides is 1. The van der Waals surface area contributed by atoms with Gasteiger partial charge in [0.05, 0.1) is 10.7 Å². The molecule has 2 rings (SSSR count). The fourth-order valence-electron chi connectivity index (χ4n) is 2.70. The van der Waals surface area contributed by atoms with E-state index < -0.39 is 0 Å². The van der Waals surface area contributed by atoms with E-state index in [9.17, 15) is 4.79 Å². The number of carbonyl (C=O) groups is 1. The third-order valence-corrected chi connectivity index (χ3v) is 5.40. The molecule has 3 N–H and O–H groups in total. The van der Waals surface area contributed by atoms with E-state index in [1.54, 1.807) is 0 Å². The van der Waals surface area contributed by atoms with Gasteiger partial charge in [0.15, 0.2) is 5.11 Å². The average molecular weight is 405 g/mol. The first-order valence-electron chi connectivity index (χ1n) is 9.38. The molecule has 7 heteroatoms. The van der Waals surface area contributed by atoms with Gasteiger partial charge in [-0.15, -0.1) is 11.3 Å².